The van der Waals surface area contributed by atoms with Gasteiger partial charge in [0, 0.05) is 25.8 Å². The SMILES string of the molecule is CN(C)C(=O)CCCSC1Cc2ccccc2C1. The van der Waals surface area contributed by atoms with E-state index in [0.29, 0.717) is 6.42 Å². The molecule has 3 heteroatoms. The second kappa shape index (κ2) is 6.28. The van der Waals surface area contributed by atoms with Crippen LogP contribution in [0.1, 0.15) is 24.0 Å². The number of rotatable bonds is 5. The number of thioether (sulfide) groups is 1. The molecule has 0 fully saturated rings. The Morgan fingerprint density at radius 1 is 1.28 bits per heavy atom. The molecule has 0 bridgehead atoms. The lowest BCUT2D eigenvalue weighted by Crippen LogP contribution is -2.21. The zero-order valence-electron chi connectivity index (χ0n) is 11.2. The van der Waals surface area contributed by atoms with E-state index in [4.69, 9.17) is 0 Å². The second-order valence-corrected chi connectivity index (χ2v) is 6.47. The van der Waals surface area contributed by atoms with Gasteiger partial charge in [-0.1, -0.05) is 24.3 Å². The maximum atomic E-state index is 11.4. The number of hydrogen-bond acceptors (Lipinski definition) is 2. The smallest absolute Gasteiger partial charge is 0.222 e. The van der Waals surface area contributed by atoms with Crippen molar-refractivity contribution in [1.29, 1.82) is 0 Å². The lowest BCUT2D eigenvalue weighted by atomic mass is 10.1. The molecular weight excluding hydrogens is 242 g/mol. The zero-order valence-corrected chi connectivity index (χ0v) is 12.0. The van der Waals surface area contributed by atoms with Gasteiger partial charge in [-0.15, -0.1) is 0 Å². The Hall–Kier alpha value is -0.960. The molecule has 1 aliphatic rings. The zero-order chi connectivity index (χ0) is 13.0. The van der Waals surface area contributed by atoms with Crippen molar-refractivity contribution in [3.63, 3.8) is 0 Å². The highest BCUT2D eigenvalue weighted by atomic mass is 32.2. The number of carbonyl (C=O) groups excluding carboxylic acids is 1. The highest BCUT2D eigenvalue weighted by Gasteiger charge is 2.20. The summed E-state index contributed by atoms with van der Waals surface area (Å²) >= 11 is 2.02. The number of amides is 1. The molecule has 0 heterocycles. The standard InChI is InChI=1S/C15H21NOS/c1-16(2)15(17)8-5-9-18-14-10-12-6-3-4-7-13(12)11-14/h3-4,6-7,14H,5,8-11H2,1-2H3. The number of fused-ring (bicyclic) bond motifs is 1. The van der Waals surface area contributed by atoms with Crippen LogP contribution in [0, 0.1) is 0 Å². The van der Waals surface area contributed by atoms with Crippen LogP contribution in [0.5, 0.6) is 0 Å². The number of carbonyl (C=O) groups is 1. The summed E-state index contributed by atoms with van der Waals surface area (Å²) in [5.74, 6) is 1.34. The topological polar surface area (TPSA) is 20.3 Å². The molecule has 0 spiro atoms. The summed E-state index contributed by atoms with van der Waals surface area (Å²) in [4.78, 5) is 13.1. The quantitative estimate of drug-likeness (QED) is 0.761. The maximum absolute atomic E-state index is 11.4. The van der Waals surface area contributed by atoms with Gasteiger partial charge < -0.3 is 4.90 Å². The fraction of sp³-hybridized carbons (Fsp3) is 0.533. The van der Waals surface area contributed by atoms with Crippen molar-refractivity contribution in [2.75, 3.05) is 19.8 Å². The third-order valence-corrected chi connectivity index (χ3v) is 4.73. The minimum Gasteiger partial charge on any atom is -0.349 e. The fourth-order valence-corrected chi connectivity index (χ4v) is 3.57. The third-order valence-electron chi connectivity index (χ3n) is 3.40. The summed E-state index contributed by atoms with van der Waals surface area (Å²) in [6.45, 7) is 0. The number of hydrogen-bond donors (Lipinski definition) is 0. The molecule has 0 aromatic heterocycles. The van der Waals surface area contributed by atoms with Crippen molar-refractivity contribution in [1.82, 2.24) is 4.90 Å². The van der Waals surface area contributed by atoms with Crippen molar-refractivity contribution in [2.45, 2.75) is 30.9 Å². The van der Waals surface area contributed by atoms with Gasteiger partial charge in [0.2, 0.25) is 5.91 Å². The van der Waals surface area contributed by atoms with Gasteiger partial charge in [-0.2, -0.15) is 11.8 Å². The predicted octanol–water partition coefficient (Wildman–Crippen LogP) is 2.76. The summed E-state index contributed by atoms with van der Waals surface area (Å²) in [6, 6.07) is 8.74. The summed E-state index contributed by atoms with van der Waals surface area (Å²) in [7, 11) is 3.65. The summed E-state index contributed by atoms with van der Waals surface area (Å²) in [5.41, 5.74) is 3.03. The number of nitrogens with zero attached hydrogens (tertiary/aromatic N) is 1. The van der Waals surface area contributed by atoms with Crippen molar-refractivity contribution in [3.8, 4) is 0 Å². The van der Waals surface area contributed by atoms with E-state index in [1.807, 2.05) is 25.9 Å². The molecule has 18 heavy (non-hydrogen) atoms. The minimum absolute atomic E-state index is 0.241. The highest BCUT2D eigenvalue weighted by Crippen LogP contribution is 2.30. The molecular formula is C15H21NOS. The van der Waals surface area contributed by atoms with E-state index in [-0.39, 0.29) is 5.91 Å². The van der Waals surface area contributed by atoms with E-state index in [1.165, 1.54) is 24.0 Å². The molecule has 0 unspecified atom stereocenters. The Balaban J connectivity index is 1.67. The molecule has 0 radical (unpaired) electrons. The molecule has 0 saturated carbocycles. The van der Waals surface area contributed by atoms with Crippen molar-refractivity contribution in [3.05, 3.63) is 35.4 Å². The monoisotopic (exact) mass is 263 g/mol. The molecule has 98 valence electrons. The van der Waals surface area contributed by atoms with Crippen molar-refractivity contribution in [2.24, 2.45) is 0 Å². The van der Waals surface area contributed by atoms with Gasteiger partial charge in [0.25, 0.3) is 0 Å². The molecule has 0 aliphatic heterocycles. The molecule has 1 amide bonds. The second-order valence-electron chi connectivity index (χ2n) is 5.06. The Kier molecular flexibility index (Phi) is 4.70. The predicted molar refractivity (Wildman–Crippen MR) is 78.0 cm³/mol. The van der Waals surface area contributed by atoms with Crippen LogP contribution < -0.4 is 0 Å². The molecule has 0 saturated heterocycles. The molecule has 0 N–H and O–H groups in total. The highest BCUT2D eigenvalue weighted by molar-refractivity contribution is 7.99. The molecule has 2 rings (SSSR count). The van der Waals surface area contributed by atoms with Crippen LogP contribution in [-0.4, -0.2) is 35.9 Å². The first kappa shape index (κ1) is 13.5. The van der Waals surface area contributed by atoms with Gasteiger partial charge in [-0.25, -0.2) is 0 Å². The average Bonchev–Trinajstić information content (AvgIpc) is 2.76. The van der Waals surface area contributed by atoms with Gasteiger partial charge in [0.1, 0.15) is 0 Å². The van der Waals surface area contributed by atoms with Crippen LogP contribution >= 0.6 is 11.8 Å². The summed E-state index contributed by atoms with van der Waals surface area (Å²) < 4.78 is 0. The van der Waals surface area contributed by atoms with Gasteiger partial charge in [0.05, 0.1) is 0 Å². The van der Waals surface area contributed by atoms with Crippen LogP contribution in [0.2, 0.25) is 0 Å². The van der Waals surface area contributed by atoms with Crippen LogP contribution in [0.4, 0.5) is 0 Å². The van der Waals surface area contributed by atoms with E-state index in [0.717, 1.165) is 17.4 Å². The van der Waals surface area contributed by atoms with Crippen LogP contribution in [0.3, 0.4) is 0 Å². The number of benzene rings is 1. The van der Waals surface area contributed by atoms with Crippen LogP contribution in [-0.2, 0) is 17.6 Å². The van der Waals surface area contributed by atoms with Crippen molar-refractivity contribution >= 4 is 17.7 Å². The van der Waals surface area contributed by atoms with E-state index in [9.17, 15) is 4.79 Å². The first-order chi connectivity index (χ1) is 8.66. The Morgan fingerprint density at radius 3 is 2.44 bits per heavy atom. The largest absolute Gasteiger partial charge is 0.349 e. The van der Waals surface area contributed by atoms with Gasteiger partial charge >= 0.3 is 0 Å². The van der Waals surface area contributed by atoms with E-state index >= 15 is 0 Å². The first-order valence-electron chi connectivity index (χ1n) is 6.55. The molecule has 1 aromatic rings. The average molecular weight is 263 g/mol. The molecule has 1 aromatic carbocycles. The van der Waals surface area contributed by atoms with Gasteiger partial charge in [-0.3, -0.25) is 4.79 Å². The van der Waals surface area contributed by atoms with Crippen molar-refractivity contribution < 1.29 is 4.79 Å². The molecule has 0 atom stereocenters. The third kappa shape index (κ3) is 3.52. The molecule has 2 nitrogen and oxygen atoms in total. The summed E-state index contributed by atoms with van der Waals surface area (Å²) in [5, 5.41) is 0.719. The minimum atomic E-state index is 0.241. The Bertz CT molecular complexity index is 392. The fourth-order valence-electron chi connectivity index (χ4n) is 2.33. The molecule has 1 aliphatic carbocycles. The van der Waals surface area contributed by atoms with Gasteiger partial charge in [0.15, 0.2) is 0 Å². The Labute approximate surface area is 114 Å². The lowest BCUT2D eigenvalue weighted by molar-refractivity contribution is -0.128. The van der Waals surface area contributed by atoms with Gasteiger partial charge in [-0.05, 0) is 36.1 Å². The normalized spacial score (nSPS) is 14.6. The Morgan fingerprint density at radius 2 is 1.89 bits per heavy atom. The maximum Gasteiger partial charge on any atom is 0.222 e. The van der Waals surface area contributed by atoms with Crippen LogP contribution in [0.25, 0.3) is 0 Å². The lowest BCUT2D eigenvalue weighted by Gasteiger charge is -2.11. The van der Waals surface area contributed by atoms with Crippen LogP contribution in [0.15, 0.2) is 24.3 Å². The van der Waals surface area contributed by atoms with E-state index < -0.39 is 0 Å². The van der Waals surface area contributed by atoms with E-state index in [2.05, 4.69) is 24.3 Å². The first-order valence-corrected chi connectivity index (χ1v) is 7.60. The summed E-state index contributed by atoms with van der Waals surface area (Å²) in [6.07, 6.45) is 4.07. The van der Waals surface area contributed by atoms with E-state index in [1.54, 1.807) is 4.90 Å².